The van der Waals surface area contributed by atoms with Crippen LogP contribution in [0.2, 0.25) is 0 Å². The maximum Gasteiger partial charge on any atom is 0.145 e. The number of hydrogen-bond acceptors (Lipinski definition) is 2. The minimum absolute atomic E-state index is 0.139. The molecule has 1 saturated heterocycles. The largest absolute Gasteiger partial charge is 0.314 e. The van der Waals surface area contributed by atoms with Gasteiger partial charge in [-0.2, -0.15) is 0 Å². The molecule has 122 valence electrons. The number of hydrogen-bond donors (Lipinski definition) is 1. The summed E-state index contributed by atoms with van der Waals surface area (Å²) in [5.74, 6) is -0.478. The fourth-order valence-corrected chi connectivity index (χ4v) is 4.29. The summed E-state index contributed by atoms with van der Waals surface area (Å²) in [5, 5.41) is 3.33. The van der Waals surface area contributed by atoms with Crippen molar-refractivity contribution in [2.45, 2.75) is 38.1 Å². The predicted molar refractivity (Wildman–Crippen MR) is 87.8 cm³/mol. The lowest BCUT2D eigenvalue weighted by atomic mass is 9.80. The summed E-state index contributed by atoms with van der Waals surface area (Å²) in [6.07, 6.45) is 5.73. The Bertz CT molecular complexity index is 494. The van der Waals surface area contributed by atoms with Gasteiger partial charge in [0.25, 0.3) is 0 Å². The van der Waals surface area contributed by atoms with Gasteiger partial charge in [0.2, 0.25) is 0 Å². The Morgan fingerprint density at radius 2 is 1.77 bits per heavy atom. The van der Waals surface area contributed by atoms with Crippen LogP contribution in [0.15, 0.2) is 16.6 Å². The third-order valence-electron chi connectivity index (χ3n) is 5.02. The van der Waals surface area contributed by atoms with E-state index in [1.54, 1.807) is 0 Å². The van der Waals surface area contributed by atoms with E-state index in [-0.39, 0.29) is 11.6 Å². The van der Waals surface area contributed by atoms with Crippen molar-refractivity contribution in [2.24, 2.45) is 5.92 Å². The van der Waals surface area contributed by atoms with Crippen LogP contribution in [-0.2, 0) is 0 Å². The van der Waals surface area contributed by atoms with Gasteiger partial charge in [-0.15, -0.1) is 0 Å². The van der Waals surface area contributed by atoms with Crippen LogP contribution in [0.1, 0.15) is 43.7 Å². The van der Waals surface area contributed by atoms with Gasteiger partial charge < -0.3 is 5.32 Å². The number of benzene rings is 1. The molecule has 1 saturated carbocycles. The topological polar surface area (TPSA) is 15.3 Å². The van der Waals surface area contributed by atoms with Crippen molar-refractivity contribution in [3.63, 3.8) is 0 Å². The van der Waals surface area contributed by atoms with Crippen molar-refractivity contribution < 1.29 is 8.78 Å². The van der Waals surface area contributed by atoms with Gasteiger partial charge in [0.1, 0.15) is 11.6 Å². The third-order valence-corrected chi connectivity index (χ3v) is 5.63. The molecule has 1 aliphatic heterocycles. The first-order valence-corrected chi connectivity index (χ1v) is 9.06. The van der Waals surface area contributed by atoms with Crippen LogP contribution < -0.4 is 5.32 Å². The quantitative estimate of drug-likeness (QED) is 0.797. The van der Waals surface area contributed by atoms with E-state index in [9.17, 15) is 8.78 Å². The molecule has 1 atom stereocenters. The monoisotopic (exact) mass is 372 g/mol. The number of rotatable bonds is 3. The van der Waals surface area contributed by atoms with Crippen molar-refractivity contribution in [1.82, 2.24) is 10.2 Å². The molecule has 0 unspecified atom stereocenters. The maximum atomic E-state index is 14.7. The molecule has 1 aromatic carbocycles. The Labute approximate surface area is 139 Å². The zero-order valence-electron chi connectivity index (χ0n) is 12.8. The second-order valence-electron chi connectivity index (χ2n) is 6.39. The van der Waals surface area contributed by atoms with Crippen LogP contribution in [0.5, 0.6) is 0 Å². The van der Waals surface area contributed by atoms with Crippen LogP contribution in [0.25, 0.3) is 0 Å². The molecule has 1 aromatic rings. The highest BCUT2D eigenvalue weighted by molar-refractivity contribution is 9.10. The SMILES string of the molecule is Fc1ccc(Br)c(F)c1[C@@H](C1CCCCC1)N1CCNCC1. The van der Waals surface area contributed by atoms with Gasteiger partial charge in [-0.25, -0.2) is 8.78 Å². The number of nitrogens with one attached hydrogen (secondary N) is 1. The average Bonchev–Trinajstić information content (AvgIpc) is 2.57. The summed E-state index contributed by atoms with van der Waals surface area (Å²) in [6.45, 7) is 3.49. The van der Waals surface area contributed by atoms with E-state index in [4.69, 9.17) is 0 Å². The van der Waals surface area contributed by atoms with Crippen molar-refractivity contribution in [3.8, 4) is 0 Å². The molecule has 2 nitrogen and oxygen atoms in total. The van der Waals surface area contributed by atoms with Gasteiger partial charge in [-0.1, -0.05) is 19.3 Å². The lowest BCUT2D eigenvalue weighted by molar-refractivity contribution is 0.0975. The van der Waals surface area contributed by atoms with E-state index in [0.29, 0.717) is 10.4 Å². The molecule has 0 spiro atoms. The molecule has 22 heavy (non-hydrogen) atoms. The van der Waals surface area contributed by atoms with E-state index >= 15 is 0 Å². The highest BCUT2D eigenvalue weighted by Gasteiger charge is 2.35. The molecule has 0 amide bonds. The van der Waals surface area contributed by atoms with Gasteiger partial charge in [0.05, 0.1) is 4.47 Å². The Morgan fingerprint density at radius 1 is 1.09 bits per heavy atom. The Hall–Kier alpha value is -0.520. The molecular formula is C17H23BrF2N2. The molecule has 3 rings (SSSR count). The summed E-state index contributed by atoms with van der Waals surface area (Å²) < 4.78 is 29.5. The minimum atomic E-state index is -0.422. The highest BCUT2D eigenvalue weighted by atomic mass is 79.9. The Morgan fingerprint density at radius 3 is 2.45 bits per heavy atom. The standard InChI is InChI=1S/C17H23BrF2N2/c18-13-6-7-14(19)15(16(13)20)17(12-4-2-1-3-5-12)22-10-8-21-9-11-22/h6-7,12,17,21H,1-5,8-11H2/t17-/m1/s1. The highest BCUT2D eigenvalue weighted by Crippen LogP contribution is 2.41. The van der Waals surface area contributed by atoms with E-state index in [1.807, 2.05) is 0 Å². The van der Waals surface area contributed by atoms with Crippen LogP contribution >= 0.6 is 15.9 Å². The molecular weight excluding hydrogens is 350 g/mol. The predicted octanol–water partition coefficient (Wildman–Crippen LogP) is 4.25. The lowest BCUT2D eigenvalue weighted by Crippen LogP contribution is -2.47. The number of halogens is 3. The van der Waals surface area contributed by atoms with Crippen LogP contribution in [-0.4, -0.2) is 31.1 Å². The lowest BCUT2D eigenvalue weighted by Gasteiger charge is -2.41. The molecule has 1 heterocycles. The van der Waals surface area contributed by atoms with Crippen LogP contribution in [0.3, 0.4) is 0 Å². The first-order valence-electron chi connectivity index (χ1n) is 8.26. The summed E-state index contributed by atoms with van der Waals surface area (Å²) >= 11 is 3.22. The molecule has 1 N–H and O–H groups in total. The van der Waals surface area contributed by atoms with Crippen molar-refractivity contribution >= 4 is 15.9 Å². The fraction of sp³-hybridized carbons (Fsp3) is 0.647. The summed E-state index contributed by atoms with van der Waals surface area (Å²) in [6, 6.07) is 2.71. The van der Waals surface area contributed by atoms with Crippen molar-refractivity contribution in [2.75, 3.05) is 26.2 Å². The molecule has 2 fully saturated rings. The number of nitrogens with zero attached hydrogens (tertiary/aromatic N) is 1. The minimum Gasteiger partial charge on any atom is -0.314 e. The van der Waals surface area contributed by atoms with Crippen LogP contribution in [0.4, 0.5) is 8.78 Å². The molecule has 0 radical (unpaired) electrons. The molecule has 5 heteroatoms. The normalized spacial score (nSPS) is 22.7. The first kappa shape index (κ1) is 16.3. The van der Waals surface area contributed by atoms with Crippen LogP contribution in [0, 0.1) is 17.6 Å². The van der Waals surface area contributed by atoms with Gasteiger partial charge in [0, 0.05) is 37.8 Å². The zero-order valence-corrected chi connectivity index (χ0v) is 14.3. The smallest absolute Gasteiger partial charge is 0.145 e. The molecule has 0 bridgehead atoms. The third kappa shape index (κ3) is 3.36. The van der Waals surface area contributed by atoms with Crippen molar-refractivity contribution in [3.05, 3.63) is 33.8 Å². The Kier molecular flexibility index (Phi) is 5.47. The summed E-state index contributed by atoms with van der Waals surface area (Å²) in [5.41, 5.74) is 0.267. The fourth-order valence-electron chi connectivity index (χ4n) is 3.94. The second kappa shape index (κ2) is 7.37. The van der Waals surface area contributed by atoms with E-state index in [2.05, 4.69) is 26.1 Å². The summed E-state index contributed by atoms with van der Waals surface area (Å²) in [7, 11) is 0. The van der Waals surface area contributed by atoms with Gasteiger partial charge in [0.15, 0.2) is 0 Å². The summed E-state index contributed by atoms with van der Waals surface area (Å²) in [4.78, 5) is 2.28. The van der Waals surface area contributed by atoms with Gasteiger partial charge >= 0.3 is 0 Å². The molecule has 2 aliphatic rings. The first-order chi connectivity index (χ1) is 10.7. The van der Waals surface area contributed by atoms with E-state index in [0.717, 1.165) is 39.0 Å². The maximum absolute atomic E-state index is 14.7. The Balaban J connectivity index is 1.98. The van der Waals surface area contributed by atoms with Crippen molar-refractivity contribution in [1.29, 1.82) is 0 Å². The van der Waals surface area contributed by atoms with Gasteiger partial charge in [-0.05, 0) is 46.8 Å². The van der Waals surface area contributed by atoms with Gasteiger partial charge in [-0.3, -0.25) is 4.90 Å². The average molecular weight is 373 g/mol. The zero-order chi connectivity index (χ0) is 15.5. The second-order valence-corrected chi connectivity index (χ2v) is 7.24. The van der Waals surface area contributed by atoms with E-state index in [1.165, 1.54) is 31.4 Å². The number of piperazine rings is 1. The van der Waals surface area contributed by atoms with E-state index < -0.39 is 11.6 Å². The molecule has 0 aromatic heterocycles. The molecule has 1 aliphatic carbocycles.